The van der Waals surface area contributed by atoms with E-state index in [0.29, 0.717) is 6.42 Å². The topological polar surface area (TPSA) is 44.8 Å². The van der Waals surface area contributed by atoms with Crippen molar-refractivity contribution in [2.75, 3.05) is 0 Å². The van der Waals surface area contributed by atoms with Gasteiger partial charge in [0.15, 0.2) is 0 Å². The normalized spacial score (nSPS) is 11.5. The zero-order valence-corrected chi connectivity index (χ0v) is 10.2. The van der Waals surface area contributed by atoms with E-state index in [-0.39, 0.29) is 5.97 Å². The van der Waals surface area contributed by atoms with Gasteiger partial charge in [-0.1, -0.05) is 26.7 Å². The third-order valence-electron chi connectivity index (χ3n) is 2.22. The Bertz CT molecular complexity index is 177. The largest absolute Gasteiger partial charge is 0.345 e. The molecule has 0 saturated carbocycles. The van der Waals surface area contributed by atoms with Gasteiger partial charge in [0.05, 0.1) is 0 Å². The molecule has 0 spiro atoms. The van der Waals surface area contributed by atoms with Crippen molar-refractivity contribution >= 4 is 5.97 Å². The molecule has 0 radical (unpaired) electrons. The lowest BCUT2D eigenvalue weighted by molar-refractivity contribution is -0.517. The highest BCUT2D eigenvalue weighted by Crippen LogP contribution is 2.14. The fraction of sp³-hybridized carbons (Fsp3) is 0.909. The standard InChI is InChI=1S/C11H22O4/c1-5-7-8-9-10(12)13-15-14-11(3,4)6-2/h5-9H2,1-4H3. The van der Waals surface area contributed by atoms with Crippen LogP contribution in [0.2, 0.25) is 0 Å². The van der Waals surface area contributed by atoms with Crippen LogP contribution >= 0.6 is 0 Å². The number of rotatable bonds is 8. The molecule has 15 heavy (non-hydrogen) atoms. The van der Waals surface area contributed by atoms with Gasteiger partial charge in [-0.05, 0) is 31.7 Å². The molecule has 0 aliphatic carbocycles. The maximum atomic E-state index is 11.1. The third kappa shape index (κ3) is 8.39. The Morgan fingerprint density at radius 1 is 1.20 bits per heavy atom. The van der Waals surface area contributed by atoms with E-state index in [1.54, 1.807) is 0 Å². The van der Waals surface area contributed by atoms with Crippen LogP contribution in [0.5, 0.6) is 0 Å². The SMILES string of the molecule is CCCCCC(=O)OOOC(C)(C)CC. The van der Waals surface area contributed by atoms with Crippen molar-refractivity contribution in [3.63, 3.8) is 0 Å². The summed E-state index contributed by atoms with van der Waals surface area (Å²) in [7, 11) is 0. The minimum Gasteiger partial charge on any atom is -0.269 e. The van der Waals surface area contributed by atoms with Crippen molar-refractivity contribution in [2.45, 2.75) is 65.4 Å². The first-order valence-corrected chi connectivity index (χ1v) is 5.57. The summed E-state index contributed by atoms with van der Waals surface area (Å²) in [6.07, 6.45) is 4.09. The van der Waals surface area contributed by atoms with Crippen LogP contribution in [0, 0.1) is 0 Å². The number of hydrogen-bond acceptors (Lipinski definition) is 4. The van der Waals surface area contributed by atoms with Crippen LogP contribution in [0.4, 0.5) is 0 Å². The Morgan fingerprint density at radius 3 is 2.40 bits per heavy atom. The molecule has 4 heteroatoms. The molecule has 0 atom stereocenters. The maximum absolute atomic E-state index is 11.1. The second-order valence-electron chi connectivity index (χ2n) is 4.18. The first-order chi connectivity index (χ1) is 7.02. The van der Waals surface area contributed by atoms with E-state index in [0.717, 1.165) is 25.7 Å². The van der Waals surface area contributed by atoms with Crippen molar-refractivity contribution in [2.24, 2.45) is 0 Å². The summed E-state index contributed by atoms with van der Waals surface area (Å²) in [4.78, 5) is 20.4. The lowest BCUT2D eigenvalue weighted by Crippen LogP contribution is -2.24. The highest BCUT2D eigenvalue weighted by Gasteiger charge is 2.18. The van der Waals surface area contributed by atoms with Crippen LogP contribution in [0.1, 0.15) is 59.8 Å². The van der Waals surface area contributed by atoms with Gasteiger partial charge in [-0.2, -0.15) is 4.89 Å². The fourth-order valence-corrected chi connectivity index (χ4v) is 0.767. The van der Waals surface area contributed by atoms with Crippen LogP contribution in [0.3, 0.4) is 0 Å². The van der Waals surface area contributed by atoms with E-state index >= 15 is 0 Å². The third-order valence-corrected chi connectivity index (χ3v) is 2.22. The summed E-state index contributed by atoms with van der Waals surface area (Å²) in [5.41, 5.74) is -0.427. The lowest BCUT2D eigenvalue weighted by atomic mass is 10.1. The highest BCUT2D eigenvalue weighted by atomic mass is 17.5. The molecule has 0 aromatic heterocycles. The molecule has 0 bridgehead atoms. The monoisotopic (exact) mass is 218 g/mol. The van der Waals surface area contributed by atoms with Crippen molar-refractivity contribution in [1.82, 2.24) is 0 Å². The van der Waals surface area contributed by atoms with Crippen molar-refractivity contribution in [3.05, 3.63) is 0 Å². The average Bonchev–Trinajstić information content (AvgIpc) is 2.18. The van der Waals surface area contributed by atoms with E-state index in [2.05, 4.69) is 16.8 Å². The molecule has 0 amide bonds. The van der Waals surface area contributed by atoms with Gasteiger partial charge in [0.25, 0.3) is 0 Å². The Kier molecular flexibility index (Phi) is 7.34. The van der Waals surface area contributed by atoms with Gasteiger partial charge in [0.2, 0.25) is 0 Å². The smallest absolute Gasteiger partial charge is 0.269 e. The second kappa shape index (κ2) is 7.65. The van der Waals surface area contributed by atoms with Gasteiger partial charge in [0, 0.05) is 6.42 Å². The number of unbranched alkanes of at least 4 members (excludes halogenated alkanes) is 2. The second-order valence-corrected chi connectivity index (χ2v) is 4.18. The van der Waals surface area contributed by atoms with Crippen LogP contribution in [-0.2, 0) is 19.6 Å². The zero-order valence-electron chi connectivity index (χ0n) is 10.2. The van der Waals surface area contributed by atoms with Gasteiger partial charge in [-0.15, -0.1) is 0 Å². The summed E-state index contributed by atoms with van der Waals surface area (Å²) in [5, 5.41) is 4.43. The van der Waals surface area contributed by atoms with Gasteiger partial charge >= 0.3 is 5.97 Å². The Balaban J connectivity index is 3.46. The predicted molar refractivity (Wildman–Crippen MR) is 56.8 cm³/mol. The van der Waals surface area contributed by atoms with Gasteiger partial charge in [-0.3, -0.25) is 4.89 Å². The minimum absolute atomic E-state index is 0.379. The molecule has 0 saturated heterocycles. The lowest BCUT2D eigenvalue weighted by Gasteiger charge is -2.19. The molecular weight excluding hydrogens is 196 g/mol. The maximum Gasteiger partial charge on any atom is 0.345 e. The van der Waals surface area contributed by atoms with Gasteiger partial charge in [0.1, 0.15) is 5.60 Å². The number of carbonyl (C=O) groups is 1. The summed E-state index contributed by atoms with van der Waals surface area (Å²) in [6, 6.07) is 0. The van der Waals surface area contributed by atoms with E-state index < -0.39 is 5.60 Å². The summed E-state index contributed by atoms with van der Waals surface area (Å²) in [5.74, 6) is -0.379. The molecule has 0 aliphatic heterocycles. The van der Waals surface area contributed by atoms with E-state index in [1.165, 1.54) is 0 Å². The Labute approximate surface area is 91.7 Å². The number of carbonyl (C=O) groups excluding carboxylic acids is 1. The quantitative estimate of drug-likeness (QED) is 0.356. The Morgan fingerprint density at radius 2 is 1.87 bits per heavy atom. The summed E-state index contributed by atoms with van der Waals surface area (Å²) >= 11 is 0. The molecule has 0 aromatic carbocycles. The molecule has 0 aromatic rings. The molecule has 0 rings (SSSR count). The van der Waals surface area contributed by atoms with Gasteiger partial charge < -0.3 is 0 Å². The van der Waals surface area contributed by atoms with E-state index in [9.17, 15) is 4.79 Å². The predicted octanol–water partition coefficient (Wildman–Crippen LogP) is 3.16. The fourth-order valence-electron chi connectivity index (χ4n) is 0.767. The van der Waals surface area contributed by atoms with Crippen LogP contribution in [0.25, 0.3) is 0 Å². The average molecular weight is 218 g/mol. The molecule has 4 nitrogen and oxygen atoms in total. The van der Waals surface area contributed by atoms with Gasteiger partial charge in [-0.25, -0.2) is 4.79 Å². The molecule has 0 N–H and O–H groups in total. The molecule has 0 aliphatic rings. The zero-order chi connectivity index (χ0) is 11.7. The first-order valence-electron chi connectivity index (χ1n) is 5.57. The van der Waals surface area contributed by atoms with Crippen molar-refractivity contribution in [1.29, 1.82) is 0 Å². The summed E-state index contributed by atoms with van der Waals surface area (Å²) < 4.78 is 0. The van der Waals surface area contributed by atoms with Crippen molar-refractivity contribution in [3.8, 4) is 0 Å². The van der Waals surface area contributed by atoms with Crippen LogP contribution < -0.4 is 0 Å². The highest BCUT2D eigenvalue weighted by molar-refractivity contribution is 5.68. The molecule has 0 heterocycles. The van der Waals surface area contributed by atoms with Crippen molar-refractivity contribution < 1.29 is 19.6 Å². The van der Waals surface area contributed by atoms with Crippen LogP contribution in [-0.4, -0.2) is 11.6 Å². The molecule has 0 fully saturated rings. The van der Waals surface area contributed by atoms with Crippen LogP contribution in [0.15, 0.2) is 0 Å². The Hall–Kier alpha value is -0.610. The molecule has 0 unspecified atom stereocenters. The minimum atomic E-state index is -0.427. The number of hydrogen-bond donors (Lipinski definition) is 0. The molecule has 90 valence electrons. The summed E-state index contributed by atoms with van der Waals surface area (Å²) in [6.45, 7) is 7.76. The first kappa shape index (κ1) is 14.4. The molecular formula is C11H22O4. The van der Waals surface area contributed by atoms with E-state index in [4.69, 9.17) is 4.89 Å². The van der Waals surface area contributed by atoms with E-state index in [1.807, 2.05) is 20.8 Å².